The lowest BCUT2D eigenvalue weighted by atomic mass is 9.78. The van der Waals surface area contributed by atoms with Crippen molar-refractivity contribution in [1.82, 2.24) is 5.32 Å². The minimum Gasteiger partial charge on any atom is -0.491 e. The molecule has 0 spiro atoms. The van der Waals surface area contributed by atoms with Gasteiger partial charge in [0.2, 0.25) is 6.29 Å². The van der Waals surface area contributed by atoms with Crippen LogP contribution in [0.1, 0.15) is 67.1 Å². The van der Waals surface area contributed by atoms with Crippen molar-refractivity contribution in [3.05, 3.63) is 58.7 Å². The van der Waals surface area contributed by atoms with Gasteiger partial charge in [0, 0.05) is 11.5 Å². The van der Waals surface area contributed by atoms with Crippen molar-refractivity contribution < 1.29 is 19.1 Å². The molecule has 5 nitrogen and oxygen atoms in total. The summed E-state index contributed by atoms with van der Waals surface area (Å²) in [6.45, 7) is 11.6. The second-order valence-corrected chi connectivity index (χ2v) is 9.24. The lowest BCUT2D eigenvalue weighted by molar-refractivity contribution is 0.00600. The van der Waals surface area contributed by atoms with Gasteiger partial charge in [-0.2, -0.15) is 0 Å². The molecular formula is C27H34NO4. The number of hydrogen-bond donors (Lipinski definition) is 1. The van der Waals surface area contributed by atoms with Gasteiger partial charge in [0.25, 0.3) is 0 Å². The molecule has 2 aromatic carbocycles. The van der Waals surface area contributed by atoms with E-state index in [1.165, 1.54) is 0 Å². The van der Waals surface area contributed by atoms with Crippen LogP contribution in [0.25, 0.3) is 0 Å². The van der Waals surface area contributed by atoms with Crippen LogP contribution < -0.4 is 14.8 Å². The first-order valence-corrected chi connectivity index (χ1v) is 11.4. The van der Waals surface area contributed by atoms with Crippen molar-refractivity contribution in [2.24, 2.45) is 5.92 Å². The summed E-state index contributed by atoms with van der Waals surface area (Å²) < 4.78 is 12.4. The van der Waals surface area contributed by atoms with Crippen molar-refractivity contribution in [1.29, 1.82) is 0 Å². The standard InChI is InChI=1S/C27H34NO4/c1-18(2)31-25-10-9-21(15-20(25)4)24(30)16-27(5,23-11-13-28-14-12-23)32-26-19(3)7-6-8-22(26)17-29/h6-10,15,18,23,28H,11-14,16H2,1-5H3. The maximum atomic E-state index is 13.4. The zero-order valence-corrected chi connectivity index (χ0v) is 19.8. The summed E-state index contributed by atoms with van der Waals surface area (Å²) in [5.41, 5.74) is 2.10. The van der Waals surface area contributed by atoms with E-state index >= 15 is 0 Å². The Labute approximate surface area is 191 Å². The molecule has 1 unspecified atom stereocenters. The van der Waals surface area contributed by atoms with Gasteiger partial charge in [0.05, 0.1) is 18.1 Å². The fraction of sp³-hybridized carbons (Fsp3) is 0.481. The van der Waals surface area contributed by atoms with Crippen LogP contribution in [-0.4, -0.2) is 36.9 Å². The Kier molecular flexibility index (Phi) is 7.73. The van der Waals surface area contributed by atoms with Crippen LogP contribution in [0.15, 0.2) is 36.4 Å². The molecule has 5 heteroatoms. The number of piperidine rings is 1. The smallest absolute Gasteiger partial charge is 0.237 e. The van der Waals surface area contributed by atoms with Crippen LogP contribution in [0.4, 0.5) is 0 Å². The van der Waals surface area contributed by atoms with Gasteiger partial charge in [0.15, 0.2) is 5.78 Å². The molecule has 0 bridgehead atoms. The number of para-hydroxylation sites is 1. The molecule has 171 valence electrons. The molecule has 0 aromatic heterocycles. The van der Waals surface area contributed by atoms with E-state index in [0.717, 1.165) is 42.8 Å². The number of Topliss-reactive ketones (excluding diaryl/α,β-unsaturated/α-hetero) is 1. The Bertz CT molecular complexity index is 962. The lowest BCUT2D eigenvalue weighted by Crippen LogP contribution is -2.47. The Morgan fingerprint density at radius 3 is 2.50 bits per heavy atom. The van der Waals surface area contributed by atoms with Crippen LogP contribution in [0.3, 0.4) is 0 Å². The predicted octanol–water partition coefficient (Wildman–Crippen LogP) is 4.96. The highest BCUT2D eigenvalue weighted by Crippen LogP contribution is 2.37. The molecule has 1 radical (unpaired) electrons. The summed E-state index contributed by atoms with van der Waals surface area (Å²) in [7, 11) is 0. The fourth-order valence-electron chi connectivity index (χ4n) is 4.43. The maximum absolute atomic E-state index is 13.4. The van der Waals surface area contributed by atoms with Crippen LogP contribution in [-0.2, 0) is 4.79 Å². The van der Waals surface area contributed by atoms with E-state index in [1.54, 1.807) is 6.07 Å². The fourth-order valence-corrected chi connectivity index (χ4v) is 4.43. The van der Waals surface area contributed by atoms with Gasteiger partial charge in [-0.3, -0.25) is 9.59 Å². The van der Waals surface area contributed by atoms with Gasteiger partial charge in [-0.1, -0.05) is 12.1 Å². The molecule has 1 aliphatic heterocycles. The summed E-state index contributed by atoms with van der Waals surface area (Å²) in [4.78, 5) is 24.9. The molecule has 1 saturated heterocycles. The quantitative estimate of drug-likeness (QED) is 0.563. The maximum Gasteiger partial charge on any atom is 0.237 e. The average molecular weight is 437 g/mol. The zero-order valence-electron chi connectivity index (χ0n) is 19.8. The topological polar surface area (TPSA) is 64.6 Å². The molecule has 1 heterocycles. The second kappa shape index (κ2) is 10.3. The molecule has 0 aliphatic carbocycles. The van der Waals surface area contributed by atoms with Crippen LogP contribution in [0.5, 0.6) is 11.5 Å². The van der Waals surface area contributed by atoms with Crippen LogP contribution in [0, 0.1) is 19.8 Å². The molecule has 1 fully saturated rings. The van der Waals surface area contributed by atoms with E-state index in [0.29, 0.717) is 16.9 Å². The van der Waals surface area contributed by atoms with E-state index in [-0.39, 0.29) is 24.2 Å². The highest BCUT2D eigenvalue weighted by Gasteiger charge is 2.40. The highest BCUT2D eigenvalue weighted by atomic mass is 16.5. The number of aryl methyl sites for hydroxylation is 2. The third-order valence-corrected chi connectivity index (χ3v) is 6.23. The first-order valence-electron chi connectivity index (χ1n) is 11.4. The number of benzene rings is 2. The third-order valence-electron chi connectivity index (χ3n) is 6.23. The predicted molar refractivity (Wildman–Crippen MR) is 126 cm³/mol. The van der Waals surface area contributed by atoms with E-state index in [4.69, 9.17) is 9.47 Å². The monoisotopic (exact) mass is 436 g/mol. The molecule has 3 rings (SSSR count). The van der Waals surface area contributed by atoms with Crippen molar-refractivity contribution in [2.75, 3.05) is 13.1 Å². The van der Waals surface area contributed by atoms with Crippen molar-refractivity contribution >= 4 is 12.1 Å². The van der Waals surface area contributed by atoms with Gasteiger partial charge >= 0.3 is 0 Å². The van der Waals surface area contributed by atoms with Gasteiger partial charge in [-0.05, 0) is 95.9 Å². The molecule has 1 N–H and O–H groups in total. The molecule has 1 atom stereocenters. The number of nitrogens with one attached hydrogen (secondary N) is 1. The number of carbonyl (C=O) groups is 1. The summed E-state index contributed by atoms with van der Waals surface area (Å²) in [5.74, 6) is 1.53. The first kappa shape index (κ1) is 24.0. The Morgan fingerprint density at radius 1 is 1.16 bits per heavy atom. The summed E-state index contributed by atoms with van der Waals surface area (Å²) in [5, 5.41) is 3.38. The first-order chi connectivity index (χ1) is 15.2. The number of ether oxygens (including phenoxy) is 2. The van der Waals surface area contributed by atoms with E-state index in [1.807, 2.05) is 71.2 Å². The molecule has 32 heavy (non-hydrogen) atoms. The van der Waals surface area contributed by atoms with Crippen molar-refractivity contribution in [3.63, 3.8) is 0 Å². The Morgan fingerprint density at radius 2 is 1.88 bits per heavy atom. The SMILES string of the molecule is Cc1cc(C(=O)CC(C)(Oc2c(C)cccc2[C]=O)C2CCNCC2)ccc1OC(C)C. The zero-order chi connectivity index (χ0) is 23.3. The van der Waals surface area contributed by atoms with Crippen LogP contribution >= 0.6 is 0 Å². The molecular weight excluding hydrogens is 402 g/mol. The minimum absolute atomic E-state index is 0.0236. The molecule has 0 amide bonds. The Balaban J connectivity index is 1.90. The number of carbonyl (C=O) groups excluding carboxylic acids is 2. The summed E-state index contributed by atoms with van der Waals surface area (Å²) in [6.07, 6.45) is 4.12. The molecule has 1 aliphatic rings. The minimum atomic E-state index is -0.738. The molecule has 2 aromatic rings. The number of hydrogen-bond acceptors (Lipinski definition) is 5. The van der Waals surface area contributed by atoms with Gasteiger partial charge < -0.3 is 14.8 Å². The lowest BCUT2D eigenvalue weighted by Gasteiger charge is -2.40. The number of ketones is 1. The van der Waals surface area contributed by atoms with Gasteiger partial charge in [-0.15, -0.1) is 0 Å². The van der Waals surface area contributed by atoms with Gasteiger partial charge in [-0.25, -0.2) is 0 Å². The molecule has 0 saturated carbocycles. The highest BCUT2D eigenvalue weighted by molar-refractivity contribution is 5.97. The van der Waals surface area contributed by atoms with Gasteiger partial charge in [0.1, 0.15) is 17.1 Å². The van der Waals surface area contributed by atoms with Crippen molar-refractivity contribution in [2.45, 2.75) is 65.6 Å². The van der Waals surface area contributed by atoms with Crippen LogP contribution in [0.2, 0.25) is 0 Å². The Hall–Kier alpha value is -2.66. The second-order valence-electron chi connectivity index (χ2n) is 9.24. The summed E-state index contributed by atoms with van der Waals surface area (Å²) in [6, 6.07) is 11.0. The summed E-state index contributed by atoms with van der Waals surface area (Å²) >= 11 is 0. The largest absolute Gasteiger partial charge is 0.491 e. The van der Waals surface area contributed by atoms with E-state index in [9.17, 15) is 9.59 Å². The third kappa shape index (κ3) is 5.57. The van der Waals surface area contributed by atoms with E-state index in [2.05, 4.69) is 5.32 Å². The van der Waals surface area contributed by atoms with Crippen molar-refractivity contribution in [3.8, 4) is 11.5 Å². The average Bonchev–Trinajstić information content (AvgIpc) is 2.77. The normalized spacial score (nSPS) is 16.4. The number of rotatable bonds is 9. The van der Waals surface area contributed by atoms with E-state index < -0.39 is 5.60 Å².